The van der Waals surface area contributed by atoms with Crippen molar-refractivity contribution >= 4 is 13.7 Å². The fraction of sp³-hybridized carbons (Fsp3) is 0.529. The van der Waals surface area contributed by atoms with E-state index < -0.39 is 11.7 Å². The molecule has 112 valence electrons. The third-order valence-corrected chi connectivity index (χ3v) is 16.1. The minimum absolute atomic E-state index is 0.107. The van der Waals surface area contributed by atoms with Gasteiger partial charge in [-0.1, -0.05) is 0 Å². The van der Waals surface area contributed by atoms with Crippen molar-refractivity contribution in [2.24, 2.45) is 0 Å². The molecule has 1 unspecified atom stereocenters. The van der Waals surface area contributed by atoms with Gasteiger partial charge in [-0.25, -0.2) is 0 Å². The van der Waals surface area contributed by atoms with E-state index in [1.165, 1.54) is 11.1 Å². The van der Waals surface area contributed by atoms with Crippen molar-refractivity contribution in [3.05, 3.63) is 41.5 Å². The van der Waals surface area contributed by atoms with E-state index in [1.807, 2.05) is 0 Å². The van der Waals surface area contributed by atoms with Gasteiger partial charge in [0.1, 0.15) is 0 Å². The van der Waals surface area contributed by atoms with Crippen molar-refractivity contribution in [3.63, 3.8) is 0 Å². The van der Waals surface area contributed by atoms with Crippen LogP contribution in [0.5, 0.6) is 0 Å². The summed E-state index contributed by atoms with van der Waals surface area (Å²) in [4.78, 5) is 0. The van der Waals surface area contributed by atoms with Gasteiger partial charge in [0.15, 0.2) is 0 Å². The molecule has 0 bridgehead atoms. The Balaban J connectivity index is 2.73. The van der Waals surface area contributed by atoms with Crippen molar-refractivity contribution in [1.82, 2.24) is 3.80 Å². The van der Waals surface area contributed by atoms with E-state index >= 15 is 0 Å². The molecule has 1 nitrogen and oxygen atoms in total. The Hall–Kier alpha value is -0.149. The van der Waals surface area contributed by atoms with Gasteiger partial charge in [-0.05, 0) is 0 Å². The fourth-order valence-electron chi connectivity index (χ4n) is 4.62. The van der Waals surface area contributed by atoms with E-state index in [9.17, 15) is 0 Å². The summed E-state index contributed by atoms with van der Waals surface area (Å²) in [5, 5.41) is 10.2. The second kappa shape index (κ2) is 3.27. The summed E-state index contributed by atoms with van der Waals surface area (Å²) in [5.74, 6) is 0. The molecule has 0 saturated carbocycles. The van der Waals surface area contributed by atoms with E-state index in [1.54, 1.807) is 0 Å². The third kappa shape index (κ3) is 3.04. The average Bonchev–Trinajstić information content (AvgIpc) is 2.54. The average molecular weight is 325 g/mol. The van der Waals surface area contributed by atoms with Crippen molar-refractivity contribution in [1.29, 1.82) is 0 Å². The maximum absolute atomic E-state index is 4.15. The van der Waals surface area contributed by atoms with Crippen LogP contribution in [-0.4, -0.2) is 13.2 Å². The maximum atomic E-state index is 4.15. The van der Waals surface area contributed by atoms with Crippen LogP contribution in [0.15, 0.2) is 30.3 Å². The number of nitrogens with one attached hydrogen (secondary N) is 1. The standard InChI is InChI=1S/C9H7.C4H10N.4CH3.H2Si.Ti/c1-2-5-9-7-3-6-8(9)4-1;1-4(2,3)5;;;;;;/h1-7H;5H,1-3H3;4*1H3;1H2;/q;-1;;;;;;+1. The van der Waals surface area contributed by atoms with Crippen LogP contribution in [0.3, 0.4) is 0 Å². The topological polar surface area (TPSA) is 12.0 Å². The molecular weight excluding hydrogens is 294 g/mol. The van der Waals surface area contributed by atoms with Gasteiger partial charge in [0.2, 0.25) is 0 Å². The molecule has 0 saturated heterocycles. The van der Waals surface area contributed by atoms with Crippen LogP contribution in [0.4, 0.5) is 0 Å². The molecule has 20 heavy (non-hydrogen) atoms. The quantitative estimate of drug-likeness (QED) is 0.786. The monoisotopic (exact) mass is 325 g/mol. The van der Waals surface area contributed by atoms with Crippen molar-refractivity contribution in [3.8, 4) is 0 Å². The molecule has 1 atom stereocenters. The normalized spacial score (nSPS) is 24.4. The molecule has 0 heterocycles. The molecule has 0 aromatic heterocycles. The van der Waals surface area contributed by atoms with Gasteiger partial charge >= 0.3 is 122 Å². The molecular formula is C17H31NSiTi. The second-order valence-corrected chi connectivity index (χ2v) is 50.3. The summed E-state index contributed by atoms with van der Waals surface area (Å²) in [7, 11) is 2.26. The number of hydrogen-bond acceptors (Lipinski definition) is 1. The first-order valence-corrected chi connectivity index (χ1v) is 19.7. The second-order valence-electron chi connectivity index (χ2n) is 11.9. The molecule has 0 radical (unpaired) electrons. The summed E-state index contributed by atoms with van der Waals surface area (Å²) in [6, 6.07) is 8.85. The summed E-state index contributed by atoms with van der Waals surface area (Å²) in [6.07, 6.45) is 4.74. The van der Waals surface area contributed by atoms with Crippen molar-refractivity contribution in [2.45, 2.75) is 51.4 Å². The number of allylic oxidation sites excluding steroid dienone is 1. The van der Waals surface area contributed by atoms with E-state index in [0.717, 1.165) is 0 Å². The number of hydrogen-bond donors (Lipinski definition) is 1. The van der Waals surface area contributed by atoms with Crippen LogP contribution in [0.25, 0.3) is 6.08 Å². The Bertz CT molecular complexity index is 707. The Morgan fingerprint density at radius 1 is 1.05 bits per heavy atom. The number of fused-ring (bicyclic) bond motifs is 1. The molecule has 1 N–H and O–H groups in total. The zero-order chi connectivity index (χ0) is 15.6. The number of rotatable bonds is 2. The minimum atomic E-state index is -3.90. The zero-order valence-corrected chi connectivity index (χ0v) is 17.2. The first-order valence-electron chi connectivity index (χ1n) is 7.71. The van der Waals surface area contributed by atoms with E-state index in [-0.39, 0.29) is 5.54 Å². The van der Waals surface area contributed by atoms with E-state index in [4.69, 9.17) is 0 Å². The van der Waals surface area contributed by atoms with Crippen molar-refractivity contribution in [2.75, 3.05) is 0 Å². The predicted molar refractivity (Wildman–Crippen MR) is 93.1 cm³/mol. The Morgan fingerprint density at radius 2 is 1.60 bits per heavy atom. The molecule has 3 heteroatoms. The van der Waals surface area contributed by atoms with Crippen LogP contribution in [0.2, 0.25) is 20.9 Å². The molecule has 0 aliphatic heterocycles. The van der Waals surface area contributed by atoms with Crippen LogP contribution < -0.4 is 3.80 Å². The predicted octanol–water partition coefficient (Wildman–Crippen LogP) is 4.56. The molecule has 1 aliphatic rings. The SMILES string of the molecule is CC(C)(C)[NH][Ti]([CH3])([CH3])([CH3])([CH3])(=[SiH2])[CH]1C=Cc2ccccc21. The Labute approximate surface area is 122 Å². The first-order chi connectivity index (χ1) is 8.53. The van der Waals surface area contributed by atoms with Crippen LogP contribution in [0.1, 0.15) is 36.1 Å². The van der Waals surface area contributed by atoms with Crippen molar-refractivity contribution < 1.29 is 11.7 Å². The first kappa shape index (κ1) is 16.2. The molecule has 0 spiro atoms. The van der Waals surface area contributed by atoms with E-state index in [0.29, 0.717) is 4.22 Å². The van der Waals surface area contributed by atoms with Gasteiger partial charge in [-0.2, -0.15) is 0 Å². The molecule has 1 aromatic rings. The zero-order valence-electron chi connectivity index (χ0n) is 14.2. The number of benzene rings is 1. The van der Waals surface area contributed by atoms with Crippen LogP contribution >= 0.6 is 0 Å². The van der Waals surface area contributed by atoms with Gasteiger partial charge in [0.05, 0.1) is 0 Å². The molecule has 0 fully saturated rings. The Morgan fingerprint density at radius 3 is 2.15 bits per heavy atom. The summed E-state index contributed by atoms with van der Waals surface area (Å²) >= 11 is -3.90. The summed E-state index contributed by atoms with van der Waals surface area (Å²) in [6.45, 7) is 6.86. The summed E-state index contributed by atoms with van der Waals surface area (Å²) in [5.41, 5.74) is 2.98. The van der Waals surface area contributed by atoms with E-state index in [2.05, 4.69) is 89.5 Å². The Kier molecular flexibility index (Phi) is 2.65. The summed E-state index contributed by atoms with van der Waals surface area (Å²) < 4.78 is 4.63. The van der Waals surface area contributed by atoms with Crippen LogP contribution in [0, 0.1) is 0 Å². The molecule has 2 rings (SSSR count). The van der Waals surface area contributed by atoms with Crippen LogP contribution in [-0.2, 0) is 11.7 Å². The molecule has 1 aliphatic carbocycles. The van der Waals surface area contributed by atoms with Gasteiger partial charge in [-0.15, -0.1) is 0 Å². The van der Waals surface area contributed by atoms with Gasteiger partial charge in [0, 0.05) is 0 Å². The molecule has 0 amide bonds. The molecule has 1 aromatic carbocycles. The van der Waals surface area contributed by atoms with Gasteiger partial charge in [0.25, 0.3) is 0 Å². The van der Waals surface area contributed by atoms with Gasteiger partial charge < -0.3 is 0 Å². The third-order valence-electron chi connectivity index (χ3n) is 4.45. The van der Waals surface area contributed by atoms with Gasteiger partial charge in [-0.3, -0.25) is 0 Å². The fourth-order valence-corrected chi connectivity index (χ4v) is 19.4.